The Balaban J connectivity index is 2.08. The minimum atomic E-state index is -1.19. The van der Waals surface area contributed by atoms with Gasteiger partial charge in [-0.05, 0) is 0 Å². The molecule has 80 valence electrons. The van der Waals surface area contributed by atoms with Gasteiger partial charge in [-0.25, -0.2) is 0 Å². The van der Waals surface area contributed by atoms with Gasteiger partial charge in [0.05, 0.1) is 18.6 Å². The highest BCUT2D eigenvalue weighted by atomic mass is 16.5. The number of hydrogen-bond acceptors (Lipinski definition) is 4. The van der Waals surface area contributed by atoms with Crippen molar-refractivity contribution in [3.05, 3.63) is 12.2 Å². The largest absolute Gasteiger partial charge is 0.550 e. The number of ether oxygens (including phenoxy) is 1. The van der Waals surface area contributed by atoms with E-state index in [2.05, 4.69) is 0 Å². The molecule has 0 aromatic rings. The average molecular weight is 208 g/mol. The maximum absolute atomic E-state index is 11.8. The Morgan fingerprint density at radius 3 is 3.13 bits per heavy atom. The van der Waals surface area contributed by atoms with Gasteiger partial charge in [0.25, 0.3) is 0 Å². The van der Waals surface area contributed by atoms with Crippen molar-refractivity contribution < 1.29 is 19.4 Å². The van der Waals surface area contributed by atoms with E-state index in [1.807, 2.05) is 6.08 Å². The molecule has 3 aliphatic heterocycles. The normalized spacial score (nSPS) is 46.3. The molecule has 1 spiro atoms. The van der Waals surface area contributed by atoms with Crippen LogP contribution < -0.4 is 5.11 Å². The van der Waals surface area contributed by atoms with Gasteiger partial charge < -0.3 is 19.5 Å². The van der Waals surface area contributed by atoms with Crippen molar-refractivity contribution in [1.29, 1.82) is 0 Å². The first-order chi connectivity index (χ1) is 7.05. The molecule has 0 unspecified atom stereocenters. The molecule has 4 atom stereocenters. The monoisotopic (exact) mass is 208 g/mol. The zero-order valence-electron chi connectivity index (χ0n) is 8.17. The lowest BCUT2D eigenvalue weighted by atomic mass is 9.77. The summed E-state index contributed by atoms with van der Waals surface area (Å²) in [6.07, 6.45) is 3.06. The van der Waals surface area contributed by atoms with Crippen molar-refractivity contribution in [3.63, 3.8) is 0 Å². The summed E-state index contributed by atoms with van der Waals surface area (Å²) in [5.74, 6) is -2.77. The number of amides is 1. The summed E-state index contributed by atoms with van der Waals surface area (Å²) >= 11 is 0. The molecule has 0 saturated carbocycles. The number of aliphatic carboxylic acids is 1. The number of carbonyl (C=O) groups excluding carboxylic acids is 2. The topological polar surface area (TPSA) is 69.7 Å². The molecule has 0 radical (unpaired) electrons. The van der Waals surface area contributed by atoms with E-state index in [4.69, 9.17) is 4.74 Å². The Labute approximate surface area is 86.3 Å². The number of rotatable bonds is 1. The predicted molar refractivity (Wildman–Crippen MR) is 46.4 cm³/mol. The molecular weight excluding hydrogens is 198 g/mol. The lowest BCUT2D eigenvalue weighted by molar-refractivity contribution is -0.313. The van der Waals surface area contributed by atoms with E-state index in [1.165, 1.54) is 4.90 Å². The van der Waals surface area contributed by atoms with Crippen LogP contribution in [-0.2, 0) is 14.3 Å². The Morgan fingerprint density at radius 1 is 1.73 bits per heavy atom. The third-order valence-electron chi connectivity index (χ3n) is 3.56. The minimum absolute atomic E-state index is 0.156. The van der Waals surface area contributed by atoms with Gasteiger partial charge in [0.15, 0.2) is 0 Å². The van der Waals surface area contributed by atoms with Gasteiger partial charge in [-0.3, -0.25) is 4.79 Å². The summed E-state index contributed by atoms with van der Waals surface area (Å²) in [7, 11) is 1.66. The standard InChI is InChI=1S/C10H11NO4/c1-11-4-10-3-2-5(15-10)6(9(13)14)7(10)8(11)12/h2-3,5-7H,4H2,1H3,(H,13,14)/p-1/t5-,6+,7-,10-/m1/s1. The number of carboxylic acids is 1. The zero-order chi connectivity index (χ0) is 10.8. The van der Waals surface area contributed by atoms with E-state index in [0.717, 1.165) is 0 Å². The summed E-state index contributed by atoms with van der Waals surface area (Å²) in [6, 6.07) is 0. The fraction of sp³-hybridized carbons (Fsp3) is 0.600. The van der Waals surface area contributed by atoms with E-state index in [1.54, 1.807) is 13.1 Å². The summed E-state index contributed by atoms with van der Waals surface area (Å²) in [4.78, 5) is 24.3. The number of carboxylic acid groups (broad SMARTS) is 1. The third kappa shape index (κ3) is 0.866. The van der Waals surface area contributed by atoms with E-state index >= 15 is 0 Å². The van der Waals surface area contributed by atoms with Crippen LogP contribution in [0.3, 0.4) is 0 Å². The molecule has 3 aliphatic rings. The van der Waals surface area contributed by atoms with E-state index in [9.17, 15) is 14.7 Å². The van der Waals surface area contributed by atoms with Crippen LogP contribution in [0.25, 0.3) is 0 Å². The SMILES string of the molecule is CN1C[C@@]23C=C[C@@H](O2)[C@H](C(=O)[O-])[C@@H]3C1=O. The first kappa shape index (κ1) is 8.91. The third-order valence-corrected chi connectivity index (χ3v) is 3.56. The van der Waals surface area contributed by atoms with Crippen molar-refractivity contribution in [2.24, 2.45) is 11.8 Å². The van der Waals surface area contributed by atoms with Crippen LogP contribution in [0.2, 0.25) is 0 Å². The number of carbonyl (C=O) groups is 2. The highest BCUT2D eigenvalue weighted by Gasteiger charge is 2.64. The summed E-state index contributed by atoms with van der Waals surface area (Å²) in [5.41, 5.74) is -0.707. The van der Waals surface area contributed by atoms with Crippen molar-refractivity contribution in [3.8, 4) is 0 Å². The second-order valence-electron chi connectivity index (χ2n) is 4.41. The summed E-state index contributed by atoms with van der Waals surface area (Å²) in [6.45, 7) is 0.438. The Bertz CT molecular complexity index is 391. The van der Waals surface area contributed by atoms with E-state index in [-0.39, 0.29) is 5.91 Å². The van der Waals surface area contributed by atoms with Crippen LogP contribution in [0.1, 0.15) is 0 Å². The fourth-order valence-electron chi connectivity index (χ4n) is 2.96. The molecule has 0 aliphatic carbocycles. The summed E-state index contributed by atoms with van der Waals surface area (Å²) < 4.78 is 5.60. The van der Waals surface area contributed by atoms with Gasteiger partial charge in [-0.2, -0.15) is 0 Å². The Morgan fingerprint density at radius 2 is 2.47 bits per heavy atom. The second kappa shape index (κ2) is 2.41. The average Bonchev–Trinajstić information content (AvgIpc) is 2.75. The van der Waals surface area contributed by atoms with Crippen LogP contribution in [0.5, 0.6) is 0 Å². The van der Waals surface area contributed by atoms with Crippen molar-refractivity contribution in [1.82, 2.24) is 4.90 Å². The Kier molecular flexibility index (Phi) is 1.43. The molecule has 5 nitrogen and oxygen atoms in total. The molecular formula is C10H10NO4-. The van der Waals surface area contributed by atoms with Crippen molar-refractivity contribution in [2.45, 2.75) is 11.7 Å². The molecule has 2 fully saturated rings. The van der Waals surface area contributed by atoms with Crippen LogP contribution in [0.4, 0.5) is 0 Å². The van der Waals surface area contributed by atoms with E-state index < -0.39 is 29.5 Å². The minimum Gasteiger partial charge on any atom is -0.550 e. The van der Waals surface area contributed by atoms with Gasteiger partial charge in [-0.1, -0.05) is 12.2 Å². The van der Waals surface area contributed by atoms with Gasteiger partial charge >= 0.3 is 0 Å². The van der Waals surface area contributed by atoms with E-state index in [0.29, 0.717) is 6.54 Å². The van der Waals surface area contributed by atoms with Crippen LogP contribution in [0.15, 0.2) is 12.2 Å². The fourth-order valence-corrected chi connectivity index (χ4v) is 2.96. The number of nitrogens with zero attached hydrogens (tertiary/aromatic N) is 1. The van der Waals surface area contributed by atoms with Crippen LogP contribution in [0, 0.1) is 11.8 Å². The van der Waals surface area contributed by atoms with Gasteiger partial charge in [0.1, 0.15) is 5.60 Å². The van der Waals surface area contributed by atoms with Crippen molar-refractivity contribution in [2.75, 3.05) is 13.6 Å². The molecule has 15 heavy (non-hydrogen) atoms. The molecule has 2 saturated heterocycles. The highest BCUT2D eigenvalue weighted by Crippen LogP contribution is 2.51. The molecule has 1 amide bonds. The van der Waals surface area contributed by atoms with Crippen LogP contribution in [-0.4, -0.2) is 42.1 Å². The van der Waals surface area contributed by atoms with Crippen LogP contribution >= 0.6 is 0 Å². The Hall–Kier alpha value is -1.36. The quantitative estimate of drug-likeness (QED) is 0.474. The first-order valence-corrected chi connectivity index (χ1v) is 4.88. The number of likely N-dealkylation sites (N-methyl/N-ethyl adjacent to an activating group) is 1. The van der Waals surface area contributed by atoms with Gasteiger partial charge in [-0.15, -0.1) is 0 Å². The number of likely N-dealkylation sites (tertiary alicyclic amines) is 1. The highest BCUT2D eigenvalue weighted by molar-refractivity contribution is 5.90. The summed E-state index contributed by atoms with van der Waals surface area (Å²) in [5, 5.41) is 11.0. The van der Waals surface area contributed by atoms with Crippen molar-refractivity contribution >= 4 is 11.9 Å². The second-order valence-corrected chi connectivity index (χ2v) is 4.41. The predicted octanol–water partition coefficient (Wildman–Crippen LogP) is -1.85. The maximum Gasteiger partial charge on any atom is 0.229 e. The lowest BCUT2D eigenvalue weighted by Crippen LogP contribution is -2.44. The molecule has 0 N–H and O–H groups in total. The molecule has 3 rings (SSSR count). The molecule has 5 heteroatoms. The lowest BCUT2D eigenvalue weighted by Gasteiger charge is -2.24. The maximum atomic E-state index is 11.8. The molecule has 0 aromatic heterocycles. The van der Waals surface area contributed by atoms with Gasteiger partial charge in [0, 0.05) is 18.9 Å². The molecule has 2 bridgehead atoms. The number of hydrogen-bond donors (Lipinski definition) is 0. The smallest absolute Gasteiger partial charge is 0.229 e. The molecule has 3 heterocycles. The van der Waals surface area contributed by atoms with Gasteiger partial charge in [0.2, 0.25) is 5.91 Å². The number of fused-ring (bicyclic) bond motifs is 1. The zero-order valence-corrected chi connectivity index (χ0v) is 8.17. The first-order valence-electron chi connectivity index (χ1n) is 4.88. The molecule has 0 aromatic carbocycles.